The molecule has 6 heteroatoms. The van der Waals surface area contributed by atoms with E-state index < -0.39 is 255 Å². The van der Waals surface area contributed by atoms with Crippen molar-refractivity contribution in [2.24, 2.45) is 0 Å². The van der Waals surface area contributed by atoms with E-state index in [9.17, 15) is 28.8 Å². The van der Waals surface area contributed by atoms with Crippen LogP contribution in [0.1, 0.15) is 109 Å². The minimum absolute atomic E-state index is 0.0220. The van der Waals surface area contributed by atoms with Crippen molar-refractivity contribution in [3.8, 4) is 84.3 Å². The van der Waals surface area contributed by atoms with Gasteiger partial charge in [-0.15, -0.1) is 0 Å². The van der Waals surface area contributed by atoms with Crippen LogP contribution in [0.2, 0.25) is 0 Å². The van der Waals surface area contributed by atoms with Gasteiger partial charge in [0.2, 0.25) is 0 Å². The molecule has 0 N–H and O–H groups in total. The summed E-state index contributed by atoms with van der Waals surface area (Å²) in [6.45, 7) is 6.18. The molecular weight excluding hydrogens is 1160 g/mol. The molecule has 0 fully saturated rings. The van der Waals surface area contributed by atoms with Gasteiger partial charge >= 0.3 is 0 Å². The summed E-state index contributed by atoms with van der Waals surface area (Å²) >= 11 is 0. The van der Waals surface area contributed by atoms with Gasteiger partial charge in [0.1, 0.15) is 28.7 Å². The van der Waals surface area contributed by atoms with Crippen LogP contribution in [0.15, 0.2) is 297 Å². The van der Waals surface area contributed by atoms with Crippen molar-refractivity contribution in [1.82, 2.24) is 14.1 Å². The van der Waals surface area contributed by atoms with Gasteiger partial charge in [-0.3, -0.25) is 4.57 Å². The Morgan fingerprint density at radius 3 is 1.70 bits per heavy atom. The highest BCUT2D eigenvalue weighted by molar-refractivity contribution is 7.20. The van der Waals surface area contributed by atoms with Crippen molar-refractivity contribution in [2.45, 2.75) is 66.1 Å². The van der Waals surface area contributed by atoms with Crippen LogP contribution in [0.5, 0.6) is 11.5 Å². The summed E-state index contributed by atoms with van der Waals surface area (Å²) in [6, 6.07) is 4.43. The highest BCUT2D eigenvalue weighted by Crippen LogP contribution is 2.48. The third kappa shape index (κ3) is 9.82. The van der Waals surface area contributed by atoms with Gasteiger partial charge in [-0.05, 0) is 155 Å². The van der Waals surface area contributed by atoms with Crippen LogP contribution < -0.4 is 30.1 Å². The number of nitrogens with zero attached hydrogens (tertiary/aromatic N) is 4. The number of ether oxygens (including phenoxy) is 1. The lowest BCUT2D eigenvalue weighted by Crippen LogP contribution is -2.74. The van der Waals surface area contributed by atoms with E-state index in [-0.39, 0.29) is 62.0 Å². The molecule has 16 rings (SSSR count). The second-order valence-corrected chi connectivity index (χ2v) is 28.5. The van der Waals surface area contributed by atoms with Gasteiger partial charge < -0.3 is 4.74 Å². The van der Waals surface area contributed by atoms with Crippen molar-refractivity contribution in [3.05, 3.63) is 319 Å². The molecule has 0 spiro atoms. The van der Waals surface area contributed by atoms with Gasteiger partial charge in [-0.25, -0.2) is 4.98 Å². The van der Waals surface area contributed by atoms with Crippen LogP contribution in [0.3, 0.4) is 0 Å². The van der Waals surface area contributed by atoms with E-state index in [4.69, 9.17) is 21.2 Å². The van der Waals surface area contributed by atoms with Gasteiger partial charge in [-0.2, -0.15) is 9.13 Å². The summed E-state index contributed by atoms with van der Waals surface area (Å²) < 4.78 is 327. The molecule has 0 unspecified atom stereocenters. The minimum Gasteiger partial charge on any atom is -0.457 e. The molecule has 0 bridgehead atoms. The fourth-order valence-electron chi connectivity index (χ4n) is 12.7. The Morgan fingerprint density at radius 2 is 1.03 bits per heavy atom. The largest absolute Gasteiger partial charge is 0.457 e. The predicted octanol–water partition coefficient (Wildman–Crippen LogP) is 19.4. The fraction of sp³-hybridized carbons (Fsp3) is 0.114. The van der Waals surface area contributed by atoms with Crippen molar-refractivity contribution < 1.29 is 54.5 Å². The van der Waals surface area contributed by atoms with Gasteiger partial charge in [0.25, 0.3) is 6.33 Å². The Morgan fingerprint density at radius 1 is 0.436 bits per heavy atom. The average molecular weight is 1260 g/mol. The quantitative estimate of drug-likeness (QED) is 0.0777. The zero-order chi connectivity index (χ0) is 92.5. The SMILES string of the molecule is [2H]c1c([2H])c([2H])c(-c2cc3c4c(c2)n(-c2cccc(Oc5ccc6c7ccccc7n(-c7cc(C([2H])([2H])[2H])c(C([2H])([2H])[2H])cn7)c6c5)c2)c[n+]4-c2c(-c4cc(C(C)(C)C)cc(C(C)(C)C)c4)cccc2-c2c([2H])c([Si](c4c([2H])c([2H])c([2H])c([2H])c4[2H])(c4c([2H])c([2H])c([2H])c([2H])c4[2H])c4c([2H])c([2H])c([2H])c([2H])c4[2H])c([2H])c([2H])c2-c2c([2H])c([2H])c([2H])c([2H])c2-3)c([2H])c1[2H]. The summed E-state index contributed by atoms with van der Waals surface area (Å²) in [5.41, 5.74) is -2.41. The number of aromatic nitrogens is 4. The molecule has 0 saturated heterocycles. The Bertz CT molecular complexity index is 7080. The molecular formula is C88H73N4OSi+. The molecule has 1 aliphatic rings. The number of fused-ring (bicyclic) bond motifs is 10. The Balaban J connectivity index is 1.12. The van der Waals surface area contributed by atoms with Crippen LogP contribution in [-0.2, 0) is 10.8 Å². The number of benzene rings is 12. The molecule has 454 valence electrons. The number of hydrogen-bond donors (Lipinski definition) is 0. The highest BCUT2D eigenvalue weighted by Gasteiger charge is 2.43. The monoisotopic (exact) mass is 1260 g/mol. The van der Waals surface area contributed by atoms with E-state index in [2.05, 4.69) is 4.98 Å². The number of imidazole rings is 1. The molecule has 15 aromatic rings. The summed E-state index contributed by atoms with van der Waals surface area (Å²) in [6.07, 6.45) is 2.57. The van der Waals surface area contributed by atoms with E-state index in [1.807, 2.05) is 65.8 Å². The first-order chi connectivity index (χ1) is 59.3. The van der Waals surface area contributed by atoms with Crippen molar-refractivity contribution >= 4 is 61.7 Å². The third-order valence-electron chi connectivity index (χ3n) is 17.2. The van der Waals surface area contributed by atoms with Crippen LogP contribution in [0, 0.1) is 13.7 Å². The van der Waals surface area contributed by atoms with Gasteiger partial charge in [0.15, 0.2) is 19.1 Å². The number of rotatable bonds is 10. The lowest BCUT2D eigenvalue weighted by atomic mass is 9.78. The standard InChI is InChI=1S/C88H73N4OSi/c1-58-47-84(89-56-59(58)2)92-81-42-24-23-39-76(81)77-45-43-67(54-82(77)92)93-66-30-25-29-65(53-66)90-57-91-85-72(62-48-63(87(3,4)5)52-64(49-62)88(6,7)8)40-26-41-78(85)79-55-71(94(68-31-15-10-16-32-68,69-33-17-11-18-34-69)70-35-19-12-20-36-70)44-46-75(79)73-37-21-22-38-74(73)80-50-61(51-83(90)86(80)91)60-27-13-9-14-28-60/h9-57H,1-8H3/q+1/i1D3,2D3,9D,10D,11D,12D,13D,14D,15D,16D,17D,18D,19D,20D,21D,22D,27D,28D,31D,32D,33D,34D,35D,36D,37D,38D,44D,46D,55D. The molecule has 12 aromatic carbocycles. The van der Waals surface area contributed by atoms with E-state index >= 15 is 0 Å². The maximum Gasteiger partial charge on any atom is 0.255 e. The fourth-order valence-corrected chi connectivity index (χ4v) is 16.3. The van der Waals surface area contributed by atoms with Crippen LogP contribution in [-0.4, -0.2) is 22.2 Å². The van der Waals surface area contributed by atoms with Gasteiger partial charge in [0, 0.05) is 54.0 Å². The normalized spacial score (nSPS) is 17.5. The van der Waals surface area contributed by atoms with Crippen LogP contribution >= 0.6 is 0 Å². The number of hydrogen-bond acceptors (Lipinski definition) is 2. The lowest BCUT2D eigenvalue weighted by molar-refractivity contribution is -0.566. The van der Waals surface area contributed by atoms with E-state index in [1.54, 1.807) is 92.8 Å². The third-order valence-corrected chi connectivity index (χ3v) is 21.2. The first kappa shape index (κ1) is 32.6. The lowest BCUT2D eigenvalue weighted by Gasteiger charge is -2.35. The smallest absolute Gasteiger partial charge is 0.255 e. The summed E-state index contributed by atoms with van der Waals surface area (Å²) in [5, 5.41) is -3.05. The average Bonchev–Trinajstić information content (AvgIpc) is 1.04. The van der Waals surface area contributed by atoms with E-state index in [0.29, 0.717) is 27.4 Å². The molecule has 0 atom stereocenters. The highest BCUT2D eigenvalue weighted by atomic mass is 28.3. The maximum atomic E-state index is 11.7. The molecule has 3 aromatic heterocycles. The molecule has 0 aliphatic carbocycles. The van der Waals surface area contributed by atoms with Crippen molar-refractivity contribution in [3.63, 3.8) is 0 Å². The Kier molecular flexibility index (Phi) is 7.88. The Hall–Kier alpha value is -10.9. The van der Waals surface area contributed by atoms with Crippen molar-refractivity contribution in [1.29, 1.82) is 0 Å². The molecule has 1 aliphatic heterocycles. The summed E-state index contributed by atoms with van der Waals surface area (Å²) in [4.78, 5) is 4.54. The second-order valence-electron chi connectivity index (χ2n) is 25.0. The molecule has 0 saturated carbocycles. The van der Waals surface area contributed by atoms with Crippen molar-refractivity contribution in [2.75, 3.05) is 0 Å². The number of aryl methyl sites for hydroxylation is 2. The molecule has 5 nitrogen and oxygen atoms in total. The topological polar surface area (TPSA) is 35.9 Å². The second kappa shape index (κ2) is 22.7. The number of para-hydroxylation sites is 2. The van der Waals surface area contributed by atoms with E-state index in [1.165, 1.54) is 24.3 Å². The molecule has 94 heavy (non-hydrogen) atoms. The predicted molar refractivity (Wildman–Crippen MR) is 395 cm³/mol. The zero-order valence-corrected chi connectivity index (χ0v) is 52.4. The molecule has 4 heterocycles. The first-order valence-electron chi connectivity index (χ1n) is 46.6. The molecule has 0 amide bonds. The minimum atomic E-state index is -6.63. The zero-order valence-electron chi connectivity index (χ0n) is 84.4. The maximum absolute atomic E-state index is 11.7. The summed E-state index contributed by atoms with van der Waals surface area (Å²) in [5.74, 6) is 0.369. The number of pyridine rings is 1. The van der Waals surface area contributed by atoms with Gasteiger partial charge in [-0.1, -0.05) is 265 Å². The van der Waals surface area contributed by atoms with Crippen LogP contribution in [0.4, 0.5) is 0 Å². The first-order valence-corrected chi connectivity index (χ1v) is 32.1. The molecule has 0 radical (unpaired) electrons. The summed E-state index contributed by atoms with van der Waals surface area (Å²) in [7, 11) is -6.63. The Labute approximate surface area is 598 Å². The van der Waals surface area contributed by atoms with E-state index in [0.717, 1.165) is 17.3 Å². The van der Waals surface area contributed by atoms with Gasteiger partial charge in [0.05, 0.1) is 48.0 Å². The van der Waals surface area contributed by atoms with Crippen LogP contribution in [0.25, 0.3) is 106 Å².